The molecule has 0 saturated carbocycles. The lowest BCUT2D eigenvalue weighted by Crippen LogP contribution is -2.44. The van der Waals surface area contributed by atoms with Gasteiger partial charge in [0, 0.05) is 40.2 Å². The highest BCUT2D eigenvalue weighted by Crippen LogP contribution is 2.28. The number of amides is 1. The van der Waals surface area contributed by atoms with Crippen LogP contribution < -0.4 is 0 Å². The summed E-state index contributed by atoms with van der Waals surface area (Å²) < 4.78 is 17.9. The Hall–Kier alpha value is -2.78. The van der Waals surface area contributed by atoms with E-state index in [-0.39, 0.29) is 18.7 Å². The smallest absolute Gasteiger partial charge is 0.306 e. The molecule has 9 heteroatoms. The molecule has 9 nitrogen and oxygen atoms in total. The van der Waals surface area contributed by atoms with Gasteiger partial charge in [-0.15, -0.1) is 5.10 Å². The first kappa shape index (κ1) is 21.9. The maximum atomic E-state index is 12.7. The zero-order valence-electron chi connectivity index (χ0n) is 17.6. The van der Waals surface area contributed by atoms with Gasteiger partial charge >= 0.3 is 5.97 Å². The normalized spacial score (nSPS) is 19.0. The third-order valence-electron chi connectivity index (χ3n) is 5.35. The second kappa shape index (κ2) is 10.3. The Bertz CT molecular complexity index is 854. The van der Waals surface area contributed by atoms with Crippen molar-refractivity contribution in [2.75, 3.05) is 34.4 Å². The lowest BCUT2D eigenvalue weighted by Gasteiger charge is -2.33. The van der Waals surface area contributed by atoms with Gasteiger partial charge in [0.1, 0.15) is 17.9 Å². The number of carbonyl (C=O) groups is 2. The van der Waals surface area contributed by atoms with E-state index in [9.17, 15) is 9.59 Å². The van der Waals surface area contributed by atoms with Gasteiger partial charge in [-0.1, -0.05) is 35.5 Å². The van der Waals surface area contributed by atoms with Gasteiger partial charge in [-0.25, -0.2) is 4.68 Å². The molecule has 0 aliphatic carbocycles. The molecule has 0 radical (unpaired) electrons. The second-order valence-electron chi connectivity index (χ2n) is 7.16. The van der Waals surface area contributed by atoms with Crippen LogP contribution in [-0.2, 0) is 36.8 Å². The van der Waals surface area contributed by atoms with Crippen molar-refractivity contribution in [2.24, 2.45) is 0 Å². The zero-order valence-corrected chi connectivity index (χ0v) is 17.6. The van der Waals surface area contributed by atoms with Gasteiger partial charge in [-0.3, -0.25) is 9.59 Å². The molecule has 1 amide bonds. The number of carbonyl (C=O) groups excluding carboxylic acids is 2. The van der Waals surface area contributed by atoms with Crippen LogP contribution in [-0.4, -0.2) is 72.3 Å². The summed E-state index contributed by atoms with van der Waals surface area (Å²) in [5, 5.41) is 8.74. The van der Waals surface area contributed by atoms with E-state index >= 15 is 0 Å². The summed E-state index contributed by atoms with van der Waals surface area (Å²) >= 11 is 0. The fourth-order valence-electron chi connectivity index (χ4n) is 3.69. The highest BCUT2D eigenvalue weighted by atomic mass is 16.5. The van der Waals surface area contributed by atoms with E-state index in [4.69, 9.17) is 9.47 Å². The van der Waals surface area contributed by atoms with Gasteiger partial charge in [0.15, 0.2) is 0 Å². The van der Waals surface area contributed by atoms with Crippen LogP contribution in [0.2, 0.25) is 0 Å². The second-order valence-corrected chi connectivity index (χ2v) is 7.16. The van der Waals surface area contributed by atoms with Crippen LogP contribution in [0.4, 0.5) is 0 Å². The predicted molar refractivity (Wildman–Crippen MR) is 108 cm³/mol. The first-order valence-corrected chi connectivity index (χ1v) is 9.93. The summed E-state index contributed by atoms with van der Waals surface area (Å²) in [7, 11) is 4.50. The SMILES string of the molecule is COC(=O)CCC(=O)N1CCc2c(nnn2Cc2ccccc2)[C@H](OC)[C@@H](OC)C1. The fraction of sp³-hybridized carbons (Fsp3) is 0.524. The molecular formula is C21H28N4O5. The number of ether oxygens (including phenoxy) is 3. The third kappa shape index (κ3) is 5.03. The number of hydrogen-bond donors (Lipinski definition) is 0. The van der Waals surface area contributed by atoms with Crippen molar-refractivity contribution in [2.45, 2.75) is 38.0 Å². The first-order chi connectivity index (χ1) is 14.6. The van der Waals surface area contributed by atoms with Crippen molar-refractivity contribution in [3.8, 4) is 0 Å². The van der Waals surface area contributed by atoms with Crippen LogP contribution in [0.5, 0.6) is 0 Å². The number of fused-ring (bicyclic) bond motifs is 1. The molecule has 0 fully saturated rings. The predicted octanol–water partition coefficient (Wildman–Crippen LogP) is 1.37. The van der Waals surface area contributed by atoms with E-state index in [1.54, 1.807) is 19.1 Å². The quantitative estimate of drug-likeness (QED) is 0.629. The lowest BCUT2D eigenvalue weighted by atomic mass is 10.0. The molecule has 0 unspecified atom stereocenters. The van der Waals surface area contributed by atoms with E-state index in [1.807, 2.05) is 35.0 Å². The molecule has 162 valence electrons. The molecule has 1 aromatic heterocycles. The number of nitrogens with zero attached hydrogens (tertiary/aromatic N) is 4. The summed E-state index contributed by atoms with van der Waals surface area (Å²) in [6.45, 7) is 1.40. The van der Waals surface area contributed by atoms with Crippen molar-refractivity contribution in [1.29, 1.82) is 0 Å². The van der Waals surface area contributed by atoms with E-state index in [0.717, 1.165) is 17.0 Å². The number of hydrogen-bond acceptors (Lipinski definition) is 7. The Morgan fingerprint density at radius 3 is 2.53 bits per heavy atom. The van der Waals surface area contributed by atoms with Gasteiger partial charge < -0.3 is 19.1 Å². The lowest BCUT2D eigenvalue weighted by molar-refractivity contribution is -0.144. The average Bonchev–Trinajstić information content (AvgIpc) is 3.14. The molecule has 0 bridgehead atoms. The van der Waals surface area contributed by atoms with E-state index in [0.29, 0.717) is 26.1 Å². The largest absolute Gasteiger partial charge is 0.469 e. The average molecular weight is 416 g/mol. The zero-order chi connectivity index (χ0) is 21.5. The number of rotatable bonds is 7. The van der Waals surface area contributed by atoms with Crippen LogP contribution in [0.3, 0.4) is 0 Å². The van der Waals surface area contributed by atoms with Crippen molar-refractivity contribution in [3.05, 3.63) is 47.3 Å². The standard InChI is InChI=1S/C21H28N4O5/c1-28-17-14-24(18(26)9-10-19(27)29-2)12-11-16-20(21(17)30-3)22-23-25(16)13-15-7-5-4-6-8-15/h4-8,17,21H,9-14H2,1-3H3/t17-,21+/m0/s1. The van der Waals surface area contributed by atoms with Crippen molar-refractivity contribution in [1.82, 2.24) is 19.9 Å². The molecule has 2 aromatic rings. The molecule has 30 heavy (non-hydrogen) atoms. The summed E-state index contributed by atoms with van der Waals surface area (Å²) in [6, 6.07) is 10.0. The van der Waals surface area contributed by atoms with E-state index in [2.05, 4.69) is 15.0 Å². The van der Waals surface area contributed by atoms with Crippen molar-refractivity contribution in [3.63, 3.8) is 0 Å². The summed E-state index contributed by atoms with van der Waals surface area (Å²) in [5.41, 5.74) is 2.76. The van der Waals surface area contributed by atoms with Crippen molar-refractivity contribution < 1.29 is 23.8 Å². The molecule has 0 spiro atoms. The fourth-order valence-corrected chi connectivity index (χ4v) is 3.69. The molecular weight excluding hydrogens is 388 g/mol. The number of benzene rings is 1. The summed E-state index contributed by atoms with van der Waals surface area (Å²) in [6.07, 6.45) is -0.135. The monoisotopic (exact) mass is 416 g/mol. The Labute approximate surface area is 175 Å². The summed E-state index contributed by atoms with van der Waals surface area (Å²) in [4.78, 5) is 25.9. The highest BCUT2D eigenvalue weighted by Gasteiger charge is 2.34. The highest BCUT2D eigenvalue weighted by molar-refractivity contribution is 5.81. The van der Waals surface area contributed by atoms with E-state index < -0.39 is 18.2 Å². The minimum absolute atomic E-state index is 0.0515. The maximum absolute atomic E-state index is 12.7. The van der Waals surface area contributed by atoms with Gasteiger partial charge in [-0.05, 0) is 5.56 Å². The third-order valence-corrected chi connectivity index (χ3v) is 5.35. The molecule has 3 rings (SSSR count). The molecule has 2 atom stereocenters. The van der Waals surface area contributed by atoms with Gasteiger partial charge in [0.2, 0.25) is 5.91 Å². The van der Waals surface area contributed by atoms with Crippen LogP contribution in [0.1, 0.15) is 35.9 Å². The Morgan fingerprint density at radius 1 is 1.10 bits per heavy atom. The molecule has 1 aromatic carbocycles. The maximum Gasteiger partial charge on any atom is 0.306 e. The Morgan fingerprint density at radius 2 is 1.87 bits per heavy atom. The van der Waals surface area contributed by atoms with E-state index in [1.165, 1.54) is 7.11 Å². The molecule has 0 saturated heterocycles. The summed E-state index contributed by atoms with van der Waals surface area (Å²) in [5.74, 6) is -0.524. The number of aromatic nitrogens is 3. The Kier molecular flexibility index (Phi) is 7.53. The van der Waals surface area contributed by atoms with Gasteiger partial charge in [-0.2, -0.15) is 0 Å². The molecule has 1 aliphatic heterocycles. The first-order valence-electron chi connectivity index (χ1n) is 9.93. The van der Waals surface area contributed by atoms with Crippen LogP contribution >= 0.6 is 0 Å². The van der Waals surface area contributed by atoms with Gasteiger partial charge in [0.25, 0.3) is 0 Å². The van der Waals surface area contributed by atoms with Crippen LogP contribution in [0.15, 0.2) is 30.3 Å². The molecule has 1 aliphatic rings. The minimum atomic E-state index is -0.453. The molecule has 2 heterocycles. The topological polar surface area (TPSA) is 95.8 Å². The van der Waals surface area contributed by atoms with Crippen LogP contribution in [0.25, 0.3) is 0 Å². The Balaban J connectivity index is 1.84. The number of esters is 1. The van der Waals surface area contributed by atoms with Gasteiger partial charge in [0.05, 0.1) is 25.8 Å². The molecule has 0 N–H and O–H groups in total. The van der Waals surface area contributed by atoms with Crippen LogP contribution in [0, 0.1) is 0 Å². The minimum Gasteiger partial charge on any atom is -0.469 e. The van der Waals surface area contributed by atoms with Crippen molar-refractivity contribution >= 4 is 11.9 Å². The number of methoxy groups -OCH3 is 3.